The fraction of sp³-hybridized carbons (Fsp3) is 0.182. The molecule has 84 valence electrons. The normalized spacial score (nSPS) is 10.1. The molecule has 0 saturated heterocycles. The third-order valence-electron chi connectivity index (χ3n) is 2.07. The molecule has 2 aromatic rings. The van der Waals surface area contributed by atoms with Gasteiger partial charge in [-0.05, 0) is 45.1 Å². The zero-order valence-corrected chi connectivity index (χ0v) is 11.1. The van der Waals surface area contributed by atoms with E-state index in [0.29, 0.717) is 5.88 Å². The Morgan fingerprint density at radius 1 is 1.56 bits per heavy atom. The highest BCUT2D eigenvalue weighted by molar-refractivity contribution is 9.11. The Balaban J connectivity index is 2.04. The van der Waals surface area contributed by atoms with Crippen LogP contribution in [-0.2, 0) is 6.54 Å². The number of methoxy groups -OCH3 is 1. The molecule has 2 heterocycles. The van der Waals surface area contributed by atoms with Gasteiger partial charge in [0.2, 0.25) is 5.88 Å². The second-order valence-electron chi connectivity index (χ2n) is 3.17. The lowest BCUT2D eigenvalue weighted by Crippen LogP contribution is -2.01. The van der Waals surface area contributed by atoms with Crippen molar-refractivity contribution in [2.75, 3.05) is 12.4 Å². The molecule has 0 aliphatic carbocycles. The Morgan fingerprint density at radius 3 is 3.12 bits per heavy atom. The number of aromatic nitrogens is 1. The summed E-state index contributed by atoms with van der Waals surface area (Å²) in [6.07, 6.45) is 1.71. The predicted octanol–water partition coefficient (Wildman–Crippen LogP) is 3.53. The Labute approximate surface area is 107 Å². The van der Waals surface area contributed by atoms with Crippen molar-refractivity contribution in [3.05, 3.63) is 39.1 Å². The number of rotatable bonds is 4. The molecule has 0 aromatic carbocycles. The smallest absolute Gasteiger partial charge is 0.237 e. The molecule has 0 aliphatic heterocycles. The molecule has 0 spiro atoms. The molecule has 0 bridgehead atoms. The molecule has 1 N–H and O–H groups in total. The highest BCUT2D eigenvalue weighted by Crippen LogP contribution is 2.24. The number of anilines is 1. The summed E-state index contributed by atoms with van der Waals surface area (Å²) in [5.74, 6) is 0.622. The summed E-state index contributed by atoms with van der Waals surface area (Å²) in [7, 11) is 1.62. The number of thiophene rings is 1. The van der Waals surface area contributed by atoms with Crippen molar-refractivity contribution in [1.82, 2.24) is 4.98 Å². The standard InChI is InChI=1S/C11H11BrN2OS/c1-15-11-9(3-2-4-13-11)14-6-8-5-10(12)16-7-8/h2-5,7,14H,6H2,1H3. The minimum Gasteiger partial charge on any atom is -0.480 e. The lowest BCUT2D eigenvalue weighted by molar-refractivity contribution is 0.399. The van der Waals surface area contributed by atoms with E-state index in [0.717, 1.165) is 16.0 Å². The molecule has 2 rings (SSSR count). The molecule has 16 heavy (non-hydrogen) atoms. The van der Waals surface area contributed by atoms with Gasteiger partial charge >= 0.3 is 0 Å². The summed E-state index contributed by atoms with van der Waals surface area (Å²) in [5, 5.41) is 5.40. The lowest BCUT2D eigenvalue weighted by Gasteiger charge is -2.08. The number of pyridine rings is 1. The molecule has 2 aromatic heterocycles. The van der Waals surface area contributed by atoms with E-state index in [2.05, 4.69) is 37.7 Å². The molecule has 5 heteroatoms. The first-order valence-corrected chi connectivity index (χ1v) is 6.42. The number of hydrogen-bond donors (Lipinski definition) is 1. The van der Waals surface area contributed by atoms with E-state index < -0.39 is 0 Å². The summed E-state index contributed by atoms with van der Waals surface area (Å²) < 4.78 is 6.30. The van der Waals surface area contributed by atoms with Gasteiger partial charge in [0.15, 0.2) is 0 Å². The van der Waals surface area contributed by atoms with Crippen LogP contribution in [0.4, 0.5) is 5.69 Å². The summed E-state index contributed by atoms with van der Waals surface area (Å²) in [4.78, 5) is 4.12. The predicted molar refractivity (Wildman–Crippen MR) is 70.1 cm³/mol. The van der Waals surface area contributed by atoms with Gasteiger partial charge in [0, 0.05) is 12.7 Å². The summed E-state index contributed by atoms with van der Waals surface area (Å²) in [6.45, 7) is 0.768. The number of nitrogens with zero attached hydrogens (tertiary/aromatic N) is 1. The monoisotopic (exact) mass is 298 g/mol. The van der Waals surface area contributed by atoms with Crippen molar-refractivity contribution in [3.8, 4) is 5.88 Å². The van der Waals surface area contributed by atoms with Crippen molar-refractivity contribution in [2.24, 2.45) is 0 Å². The van der Waals surface area contributed by atoms with Gasteiger partial charge in [-0.15, -0.1) is 11.3 Å². The third kappa shape index (κ3) is 2.74. The molecule has 0 atom stereocenters. The van der Waals surface area contributed by atoms with E-state index in [1.165, 1.54) is 5.56 Å². The molecule has 0 saturated carbocycles. The SMILES string of the molecule is COc1ncccc1NCc1csc(Br)c1. The highest BCUT2D eigenvalue weighted by Gasteiger charge is 2.03. The maximum atomic E-state index is 5.16. The first-order chi connectivity index (χ1) is 7.79. The lowest BCUT2D eigenvalue weighted by atomic mass is 10.3. The molecular weight excluding hydrogens is 288 g/mol. The molecule has 0 aliphatic rings. The molecule has 0 amide bonds. The second kappa shape index (κ2) is 5.32. The van der Waals surface area contributed by atoms with Crippen LogP contribution in [0.3, 0.4) is 0 Å². The Morgan fingerprint density at radius 2 is 2.44 bits per heavy atom. The maximum Gasteiger partial charge on any atom is 0.237 e. The largest absolute Gasteiger partial charge is 0.480 e. The Kier molecular flexibility index (Phi) is 3.79. The van der Waals surface area contributed by atoms with Gasteiger partial charge in [-0.1, -0.05) is 0 Å². The Hall–Kier alpha value is -1.07. The molecule has 3 nitrogen and oxygen atoms in total. The van der Waals surface area contributed by atoms with Gasteiger partial charge in [-0.2, -0.15) is 0 Å². The molecule has 0 unspecified atom stereocenters. The highest BCUT2D eigenvalue weighted by atomic mass is 79.9. The fourth-order valence-corrected chi connectivity index (χ4v) is 2.53. The van der Waals surface area contributed by atoms with E-state index in [4.69, 9.17) is 4.74 Å². The van der Waals surface area contributed by atoms with Crippen molar-refractivity contribution < 1.29 is 4.74 Å². The van der Waals surface area contributed by atoms with Gasteiger partial charge in [-0.25, -0.2) is 4.98 Å². The number of ether oxygens (including phenoxy) is 1. The maximum absolute atomic E-state index is 5.16. The zero-order valence-electron chi connectivity index (χ0n) is 8.74. The topological polar surface area (TPSA) is 34.1 Å². The zero-order chi connectivity index (χ0) is 11.4. The van der Waals surface area contributed by atoms with Crippen LogP contribution < -0.4 is 10.1 Å². The van der Waals surface area contributed by atoms with Crippen molar-refractivity contribution in [3.63, 3.8) is 0 Å². The van der Waals surface area contributed by atoms with Gasteiger partial charge in [0.25, 0.3) is 0 Å². The number of halogens is 1. The van der Waals surface area contributed by atoms with Crippen LogP contribution in [0, 0.1) is 0 Å². The summed E-state index contributed by atoms with van der Waals surface area (Å²) in [5.41, 5.74) is 2.15. The second-order valence-corrected chi connectivity index (χ2v) is 5.46. The van der Waals surface area contributed by atoms with E-state index in [-0.39, 0.29) is 0 Å². The average Bonchev–Trinajstić information content (AvgIpc) is 2.73. The average molecular weight is 299 g/mol. The number of hydrogen-bond acceptors (Lipinski definition) is 4. The van der Waals surface area contributed by atoms with Gasteiger partial charge in [-0.3, -0.25) is 0 Å². The molecule has 0 radical (unpaired) electrons. The Bertz CT molecular complexity index is 473. The van der Waals surface area contributed by atoms with Crippen molar-refractivity contribution in [1.29, 1.82) is 0 Å². The van der Waals surface area contributed by atoms with Crippen molar-refractivity contribution >= 4 is 33.0 Å². The first-order valence-electron chi connectivity index (χ1n) is 4.75. The summed E-state index contributed by atoms with van der Waals surface area (Å²) in [6, 6.07) is 5.93. The third-order valence-corrected chi connectivity index (χ3v) is 3.62. The minimum atomic E-state index is 0.622. The van der Waals surface area contributed by atoms with E-state index >= 15 is 0 Å². The van der Waals surface area contributed by atoms with Crippen LogP contribution in [0.5, 0.6) is 5.88 Å². The molecule has 0 fully saturated rings. The quantitative estimate of drug-likeness (QED) is 0.938. The fourth-order valence-electron chi connectivity index (χ4n) is 1.32. The number of nitrogens with one attached hydrogen (secondary N) is 1. The van der Waals surface area contributed by atoms with Crippen LogP contribution in [0.2, 0.25) is 0 Å². The summed E-state index contributed by atoms with van der Waals surface area (Å²) >= 11 is 5.12. The first kappa shape index (κ1) is 11.4. The van der Waals surface area contributed by atoms with E-state index in [9.17, 15) is 0 Å². The van der Waals surface area contributed by atoms with Crippen molar-refractivity contribution in [2.45, 2.75) is 6.54 Å². The van der Waals surface area contributed by atoms with Gasteiger partial charge in [0.05, 0.1) is 16.6 Å². The van der Waals surface area contributed by atoms with E-state index in [1.807, 2.05) is 12.1 Å². The van der Waals surface area contributed by atoms with E-state index in [1.54, 1.807) is 24.6 Å². The van der Waals surface area contributed by atoms with Crippen LogP contribution in [0.1, 0.15) is 5.56 Å². The van der Waals surface area contributed by atoms with Gasteiger partial charge < -0.3 is 10.1 Å². The minimum absolute atomic E-state index is 0.622. The molecular formula is C11H11BrN2OS. The van der Waals surface area contributed by atoms with Gasteiger partial charge in [0.1, 0.15) is 0 Å². The van der Waals surface area contributed by atoms with Crippen LogP contribution in [0.15, 0.2) is 33.6 Å². The van der Waals surface area contributed by atoms with Crippen LogP contribution >= 0.6 is 27.3 Å². The van der Waals surface area contributed by atoms with Crippen LogP contribution in [0.25, 0.3) is 0 Å². The van der Waals surface area contributed by atoms with Crippen LogP contribution in [-0.4, -0.2) is 12.1 Å².